The first-order valence-corrected chi connectivity index (χ1v) is 18.2. The van der Waals surface area contributed by atoms with E-state index in [0.29, 0.717) is 17.5 Å². The van der Waals surface area contributed by atoms with Crippen molar-refractivity contribution < 1.29 is 17.5 Å². The molecule has 0 aromatic heterocycles. The van der Waals surface area contributed by atoms with Gasteiger partial charge in [0, 0.05) is 0 Å². The fourth-order valence-electron chi connectivity index (χ4n) is 5.16. The molecule has 4 aromatic carbocycles. The van der Waals surface area contributed by atoms with Crippen molar-refractivity contribution in [3.63, 3.8) is 0 Å². The summed E-state index contributed by atoms with van der Waals surface area (Å²) in [6.07, 6.45) is 0.310. The average molecular weight is 610 g/mol. The molecule has 1 heterocycles. The van der Waals surface area contributed by atoms with Gasteiger partial charge >= 0.3 is 228 Å². The molecule has 0 N–H and O–H groups in total. The molecule has 5 nitrogen and oxygen atoms in total. The maximum absolute atomic E-state index is 14.3. The summed E-state index contributed by atoms with van der Waals surface area (Å²) in [7, 11) is 0. The van der Waals surface area contributed by atoms with Gasteiger partial charge in [-0.05, 0) is 0 Å². The molecule has 1 unspecified atom stereocenters. The summed E-state index contributed by atoms with van der Waals surface area (Å²) >= 11 is -4.44. The molecule has 1 aliphatic heterocycles. The Kier molecular flexibility index (Phi) is 7.47. The van der Waals surface area contributed by atoms with Crippen LogP contribution in [0, 0.1) is 5.92 Å². The third kappa shape index (κ3) is 4.67. The Morgan fingerprint density at radius 1 is 0.658 bits per heavy atom. The molecule has 0 fully saturated rings. The molecule has 0 saturated carbocycles. The van der Waals surface area contributed by atoms with E-state index in [1.54, 1.807) is 24.3 Å². The molecule has 4 aromatic rings. The second kappa shape index (κ2) is 11.0. The molecule has 38 heavy (non-hydrogen) atoms. The molecule has 0 aliphatic carbocycles. The Labute approximate surface area is 227 Å². The van der Waals surface area contributed by atoms with Gasteiger partial charge in [-0.25, -0.2) is 0 Å². The van der Waals surface area contributed by atoms with Crippen LogP contribution in [-0.4, -0.2) is 47.5 Å². The molecule has 0 saturated heterocycles. The van der Waals surface area contributed by atoms with Gasteiger partial charge in [-0.1, -0.05) is 0 Å². The second-order valence-corrected chi connectivity index (χ2v) is 19.3. The number of hydrogen-bond donors (Lipinski definition) is 0. The fourth-order valence-corrected chi connectivity index (χ4v) is 15.9. The van der Waals surface area contributed by atoms with E-state index >= 15 is 0 Å². The zero-order valence-electron chi connectivity index (χ0n) is 21.4. The van der Waals surface area contributed by atoms with Crippen molar-refractivity contribution >= 4 is 47.3 Å². The van der Waals surface area contributed by atoms with Crippen molar-refractivity contribution in [3.8, 4) is 0 Å². The number of amides is 2. The van der Waals surface area contributed by atoms with E-state index in [1.165, 1.54) is 0 Å². The molecule has 6 heteroatoms. The quantitative estimate of drug-likeness (QED) is 0.225. The van der Waals surface area contributed by atoms with E-state index in [0.717, 1.165) is 15.6 Å². The van der Waals surface area contributed by atoms with Crippen LogP contribution in [0.25, 0.3) is 0 Å². The number of fused-ring (bicyclic) bond motifs is 1. The number of benzene rings is 4. The zero-order valence-corrected chi connectivity index (χ0v) is 24.3. The minimum atomic E-state index is -4.44. The van der Waals surface area contributed by atoms with Gasteiger partial charge in [0.2, 0.25) is 0 Å². The van der Waals surface area contributed by atoms with Gasteiger partial charge in [-0.3, -0.25) is 0 Å². The van der Waals surface area contributed by atoms with Gasteiger partial charge < -0.3 is 0 Å². The first kappa shape index (κ1) is 25.9. The van der Waals surface area contributed by atoms with Crippen molar-refractivity contribution in [2.75, 3.05) is 0 Å². The summed E-state index contributed by atoms with van der Waals surface area (Å²) in [5, 5.41) is 0. The summed E-state index contributed by atoms with van der Waals surface area (Å²) < 4.78 is 9.70. The van der Waals surface area contributed by atoms with E-state index in [-0.39, 0.29) is 5.92 Å². The Balaban J connectivity index is 1.65. The predicted octanol–water partition coefficient (Wildman–Crippen LogP) is 3.91. The van der Waals surface area contributed by atoms with Gasteiger partial charge in [-0.2, -0.15) is 0 Å². The number of carbonyl (C=O) groups excluding carboxylic acids is 3. The average Bonchev–Trinajstić information content (AvgIpc) is 3.21. The van der Waals surface area contributed by atoms with Crippen molar-refractivity contribution in [3.05, 3.63) is 126 Å². The summed E-state index contributed by atoms with van der Waals surface area (Å²) in [4.78, 5) is 42.3. The first-order chi connectivity index (χ1) is 18.4. The van der Waals surface area contributed by atoms with Crippen LogP contribution < -0.4 is 10.7 Å². The molecule has 2 amide bonds. The number of hydrogen-bond acceptors (Lipinski definition) is 4. The first-order valence-electron chi connectivity index (χ1n) is 12.8. The number of rotatable bonds is 8. The van der Waals surface area contributed by atoms with Crippen LogP contribution in [0.15, 0.2) is 115 Å². The van der Waals surface area contributed by atoms with Gasteiger partial charge in [0.1, 0.15) is 0 Å². The second-order valence-electron chi connectivity index (χ2n) is 9.87. The van der Waals surface area contributed by atoms with Crippen LogP contribution in [0.2, 0.25) is 0 Å². The molecule has 1 aliphatic rings. The monoisotopic (exact) mass is 611 g/mol. The number of imide groups is 1. The van der Waals surface area contributed by atoms with E-state index in [1.807, 2.05) is 105 Å². The Bertz CT molecular complexity index is 1320. The molecular weight excluding hydrogens is 581 g/mol. The molecular formula is C32H29NO4Sn. The van der Waals surface area contributed by atoms with Crippen LogP contribution >= 0.6 is 0 Å². The van der Waals surface area contributed by atoms with Gasteiger partial charge in [-0.15, -0.1) is 0 Å². The fraction of sp³-hybridized carbons (Fsp3) is 0.156. The van der Waals surface area contributed by atoms with Crippen LogP contribution in [0.5, 0.6) is 0 Å². The van der Waals surface area contributed by atoms with Gasteiger partial charge in [0.25, 0.3) is 0 Å². The van der Waals surface area contributed by atoms with Crippen LogP contribution in [-0.2, 0) is 7.87 Å². The zero-order chi connectivity index (χ0) is 26.7. The maximum atomic E-state index is 14.3. The number of carbonyl (C=O) groups is 3. The Hall–Kier alpha value is -3.71. The summed E-state index contributed by atoms with van der Waals surface area (Å²) in [6, 6.07) is 35.3. The van der Waals surface area contributed by atoms with E-state index in [4.69, 9.17) is 3.07 Å². The van der Waals surface area contributed by atoms with E-state index in [9.17, 15) is 14.4 Å². The molecule has 0 radical (unpaired) electrons. The van der Waals surface area contributed by atoms with Gasteiger partial charge in [0.05, 0.1) is 0 Å². The molecule has 0 bridgehead atoms. The van der Waals surface area contributed by atoms with Crippen molar-refractivity contribution in [2.45, 2.75) is 26.3 Å². The van der Waals surface area contributed by atoms with Crippen molar-refractivity contribution in [1.82, 2.24) is 4.90 Å². The van der Waals surface area contributed by atoms with E-state index < -0.39 is 42.6 Å². The molecule has 1 atom stereocenters. The number of nitrogens with zero attached hydrogens (tertiary/aromatic N) is 1. The van der Waals surface area contributed by atoms with E-state index in [2.05, 4.69) is 0 Å². The molecule has 0 spiro atoms. The van der Waals surface area contributed by atoms with Crippen molar-refractivity contribution in [2.24, 2.45) is 5.92 Å². The Morgan fingerprint density at radius 3 is 1.39 bits per heavy atom. The Morgan fingerprint density at radius 2 is 1.03 bits per heavy atom. The summed E-state index contributed by atoms with van der Waals surface area (Å²) in [6.45, 7) is 3.95. The third-order valence-corrected chi connectivity index (χ3v) is 18.2. The summed E-state index contributed by atoms with van der Waals surface area (Å²) in [5.41, 5.74) is 0.644. The van der Waals surface area contributed by atoms with Crippen LogP contribution in [0.4, 0.5) is 0 Å². The van der Waals surface area contributed by atoms with Crippen molar-refractivity contribution in [1.29, 1.82) is 0 Å². The molecule has 190 valence electrons. The molecule has 5 rings (SSSR count). The predicted molar refractivity (Wildman–Crippen MR) is 150 cm³/mol. The standard InChI is InChI=1S/C14H15NO4.3C6H5.Sn/c1-8(2)7-11(14(18)19)15-12(16)9-5-3-4-6-10(9)13(15)17;3*1-2-4-6-5-3-1;/h3-6,8,11H,7H2,1-2H3,(H,18,19);3*1-5H;/q;;;;+1/p-1. The summed E-state index contributed by atoms with van der Waals surface area (Å²) in [5.74, 6) is -1.39. The third-order valence-electron chi connectivity index (χ3n) is 6.90. The normalized spacial score (nSPS) is 13.9. The SMILES string of the molecule is CC(C)CC(C(=O)[O][Sn]([c]1ccccc1)([c]1ccccc1)[c]1ccccc1)N1C(=O)c2ccccc2C1=O. The van der Waals surface area contributed by atoms with Crippen LogP contribution in [0.3, 0.4) is 0 Å². The van der Waals surface area contributed by atoms with Gasteiger partial charge in [0.15, 0.2) is 0 Å². The van der Waals surface area contributed by atoms with Crippen LogP contribution in [0.1, 0.15) is 41.0 Å². The topological polar surface area (TPSA) is 63.7 Å². The minimum absolute atomic E-state index is 0.0478.